The summed E-state index contributed by atoms with van der Waals surface area (Å²) in [6.45, 7) is 1.66. The van der Waals surface area contributed by atoms with Gasteiger partial charge in [0.2, 0.25) is 0 Å². The highest BCUT2D eigenvalue weighted by Gasteiger charge is 2.10. The largest absolute Gasteiger partial charge is 0.497 e. The number of rotatable bonds is 8. The van der Waals surface area contributed by atoms with Crippen LogP contribution in [0.1, 0.15) is 0 Å². The Kier molecular flexibility index (Phi) is 7.08. The molecule has 1 unspecified atom stereocenters. The Hall–Kier alpha value is -2.05. The fourth-order valence-electron chi connectivity index (χ4n) is 2.17. The van der Waals surface area contributed by atoms with Gasteiger partial charge in [-0.1, -0.05) is 28.1 Å². The molecule has 0 aliphatic heterocycles. The molecule has 0 saturated carbocycles. The van der Waals surface area contributed by atoms with Crippen LogP contribution in [0.15, 0.2) is 53.0 Å². The molecule has 0 spiro atoms. The number of likely N-dealkylation sites (N-methyl/N-ethyl adjacent to an activating group) is 1. The van der Waals surface area contributed by atoms with E-state index in [-0.39, 0.29) is 5.91 Å². The van der Waals surface area contributed by atoms with E-state index in [1.54, 1.807) is 13.2 Å². The molecule has 128 valence electrons. The van der Waals surface area contributed by atoms with E-state index in [4.69, 9.17) is 9.47 Å². The van der Waals surface area contributed by atoms with E-state index >= 15 is 0 Å². The minimum absolute atomic E-state index is 0.0387. The zero-order chi connectivity index (χ0) is 17.4. The van der Waals surface area contributed by atoms with Crippen LogP contribution in [0.4, 0.5) is 5.69 Å². The van der Waals surface area contributed by atoms with Gasteiger partial charge in [0.1, 0.15) is 24.7 Å². The normalized spacial score (nSPS) is 11.6. The smallest absolute Gasteiger partial charge is 0.279 e. The van der Waals surface area contributed by atoms with Crippen molar-refractivity contribution in [3.8, 4) is 11.5 Å². The van der Waals surface area contributed by atoms with Gasteiger partial charge < -0.3 is 19.7 Å². The Morgan fingerprint density at radius 3 is 2.67 bits per heavy atom. The molecule has 1 atom stereocenters. The highest BCUT2D eigenvalue weighted by Crippen LogP contribution is 2.17. The Bertz CT molecular complexity index is 679. The summed E-state index contributed by atoms with van der Waals surface area (Å²) in [7, 11) is 3.57. The molecule has 5 nitrogen and oxygen atoms in total. The minimum Gasteiger partial charge on any atom is -0.497 e. The van der Waals surface area contributed by atoms with Gasteiger partial charge in [0.15, 0.2) is 6.54 Å². The summed E-state index contributed by atoms with van der Waals surface area (Å²) in [4.78, 5) is 13.2. The molecule has 1 amide bonds. The highest BCUT2D eigenvalue weighted by atomic mass is 79.9. The average molecular weight is 394 g/mol. The second-order valence-corrected chi connectivity index (χ2v) is 6.39. The van der Waals surface area contributed by atoms with Gasteiger partial charge in [-0.25, -0.2) is 0 Å². The lowest BCUT2D eigenvalue weighted by molar-refractivity contribution is -0.871. The van der Waals surface area contributed by atoms with Crippen LogP contribution in [0.25, 0.3) is 0 Å². The van der Waals surface area contributed by atoms with Crippen LogP contribution in [0.2, 0.25) is 0 Å². The molecule has 0 aromatic heterocycles. The second kappa shape index (κ2) is 9.30. The first kappa shape index (κ1) is 18.3. The molecule has 0 aliphatic carbocycles. The zero-order valence-electron chi connectivity index (χ0n) is 13.8. The Morgan fingerprint density at radius 1 is 1.17 bits per heavy atom. The number of methoxy groups -OCH3 is 1. The number of amides is 1. The molecule has 2 N–H and O–H groups in total. The number of quaternary nitrogens is 1. The van der Waals surface area contributed by atoms with Crippen molar-refractivity contribution in [2.75, 3.05) is 39.2 Å². The maximum Gasteiger partial charge on any atom is 0.279 e. The van der Waals surface area contributed by atoms with Crippen LogP contribution in [0, 0.1) is 0 Å². The first-order chi connectivity index (χ1) is 11.6. The van der Waals surface area contributed by atoms with Crippen molar-refractivity contribution < 1.29 is 19.2 Å². The molecule has 2 aromatic rings. The number of nitrogens with one attached hydrogen (secondary N) is 2. The molecule has 24 heavy (non-hydrogen) atoms. The van der Waals surface area contributed by atoms with E-state index in [1.165, 1.54) is 0 Å². The number of benzene rings is 2. The summed E-state index contributed by atoms with van der Waals surface area (Å²) >= 11 is 3.41. The van der Waals surface area contributed by atoms with Crippen LogP contribution in [0.3, 0.4) is 0 Å². The maximum atomic E-state index is 12.1. The van der Waals surface area contributed by atoms with Crippen LogP contribution >= 0.6 is 15.9 Å². The molecule has 0 bridgehead atoms. The monoisotopic (exact) mass is 393 g/mol. The number of ether oxygens (including phenoxy) is 2. The average Bonchev–Trinajstić information content (AvgIpc) is 2.55. The highest BCUT2D eigenvalue weighted by molar-refractivity contribution is 9.10. The molecule has 0 aliphatic rings. The van der Waals surface area contributed by atoms with Gasteiger partial charge in [-0.2, -0.15) is 0 Å². The first-order valence-electron chi connectivity index (χ1n) is 7.70. The van der Waals surface area contributed by atoms with Gasteiger partial charge in [-0.15, -0.1) is 0 Å². The van der Waals surface area contributed by atoms with Crippen molar-refractivity contribution >= 4 is 27.5 Å². The maximum absolute atomic E-state index is 12.1. The number of carbonyl (C=O) groups is 1. The third kappa shape index (κ3) is 6.22. The molecule has 2 aromatic carbocycles. The fourth-order valence-corrected chi connectivity index (χ4v) is 2.55. The van der Waals surface area contributed by atoms with E-state index in [0.29, 0.717) is 13.2 Å². The lowest BCUT2D eigenvalue weighted by Crippen LogP contribution is -3.10. The predicted octanol–water partition coefficient (Wildman–Crippen LogP) is 1.99. The molecule has 6 heteroatoms. The lowest BCUT2D eigenvalue weighted by atomic mass is 10.3. The topological polar surface area (TPSA) is 52.0 Å². The zero-order valence-corrected chi connectivity index (χ0v) is 15.4. The van der Waals surface area contributed by atoms with E-state index < -0.39 is 0 Å². The molecular formula is C18H22BrN2O3+. The first-order valence-corrected chi connectivity index (χ1v) is 8.49. The van der Waals surface area contributed by atoms with Gasteiger partial charge in [0.05, 0.1) is 14.2 Å². The summed E-state index contributed by atoms with van der Waals surface area (Å²) in [5, 5.41) is 2.88. The number of halogens is 1. The van der Waals surface area contributed by atoms with Gasteiger partial charge >= 0.3 is 0 Å². The number of hydrogen-bond acceptors (Lipinski definition) is 3. The number of carbonyl (C=O) groups excluding carboxylic acids is 1. The molecule has 0 radical (unpaired) electrons. The van der Waals surface area contributed by atoms with Crippen molar-refractivity contribution in [1.29, 1.82) is 0 Å². The number of hydrogen-bond donors (Lipinski definition) is 2. The SMILES string of the molecule is COc1cccc(NC(=O)C[NH+](C)CCOc2cccc(Br)c2)c1. The van der Waals surface area contributed by atoms with E-state index in [9.17, 15) is 4.79 Å². The van der Waals surface area contributed by atoms with Gasteiger partial charge in [-0.3, -0.25) is 4.79 Å². The Labute approximate surface area is 150 Å². The van der Waals surface area contributed by atoms with Gasteiger partial charge in [0, 0.05) is 16.2 Å². The van der Waals surface area contributed by atoms with Crippen molar-refractivity contribution in [3.05, 3.63) is 53.0 Å². The summed E-state index contributed by atoms with van der Waals surface area (Å²) in [5.74, 6) is 1.50. The van der Waals surface area contributed by atoms with E-state index in [1.807, 2.05) is 49.5 Å². The Morgan fingerprint density at radius 2 is 1.92 bits per heavy atom. The Balaban J connectivity index is 1.73. The second-order valence-electron chi connectivity index (χ2n) is 5.47. The number of anilines is 1. The predicted molar refractivity (Wildman–Crippen MR) is 97.9 cm³/mol. The summed E-state index contributed by atoms with van der Waals surface area (Å²) in [6, 6.07) is 15.0. The van der Waals surface area contributed by atoms with Crippen molar-refractivity contribution in [2.24, 2.45) is 0 Å². The van der Waals surface area contributed by atoms with Crippen molar-refractivity contribution in [2.45, 2.75) is 0 Å². The van der Waals surface area contributed by atoms with Crippen molar-refractivity contribution in [3.63, 3.8) is 0 Å². The third-order valence-corrected chi connectivity index (χ3v) is 3.90. The minimum atomic E-state index is -0.0387. The van der Waals surface area contributed by atoms with E-state index in [2.05, 4.69) is 21.2 Å². The summed E-state index contributed by atoms with van der Waals surface area (Å²) < 4.78 is 11.8. The van der Waals surface area contributed by atoms with Crippen LogP contribution < -0.4 is 19.7 Å². The van der Waals surface area contributed by atoms with Crippen molar-refractivity contribution in [1.82, 2.24) is 0 Å². The van der Waals surface area contributed by atoms with Crippen LogP contribution in [-0.4, -0.2) is 39.8 Å². The van der Waals surface area contributed by atoms with Crippen LogP contribution in [-0.2, 0) is 4.79 Å². The molecular weight excluding hydrogens is 372 g/mol. The standard InChI is InChI=1S/C18H21BrN2O3/c1-21(9-10-24-17-8-3-5-14(19)11-17)13-18(22)20-15-6-4-7-16(12-15)23-2/h3-8,11-12H,9-10,13H2,1-2H3,(H,20,22)/p+1. The quantitative estimate of drug-likeness (QED) is 0.720. The fraction of sp³-hybridized carbons (Fsp3) is 0.278. The van der Waals surface area contributed by atoms with E-state index in [0.717, 1.165) is 33.1 Å². The van der Waals surface area contributed by atoms with Gasteiger partial charge in [-0.05, 0) is 30.3 Å². The third-order valence-electron chi connectivity index (χ3n) is 3.41. The summed E-state index contributed by atoms with van der Waals surface area (Å²) in [5.41, 5.74) is 0.734. The van der Waals surface area contributed by atoms with Crippen LogP contribution in [0.5, 0.6) is 11.5 Å². The molecule has 0 saturated heterocycles. The molecule has 0 heterocycles. The molecule has 0 fully saturated rings. The lowest BCUT2D eigenvalue weighted by Gasteiger charge is -2.14. The molecule has 2 rings (SSSR count). The summed E-state index contributed by atoms with van der Waals surface area (Å²) in [6.07, 6.45) is 0. The van der Waals surface area contributed by atoms with Gasteiger partial charge in [0.25, 0.3) is 5.91 Å².